The van der Waals surface area contributed by atoms with Crippen LogP contribution in [0.4, 0.5) is 5.69 Å². The van der Waals surface area contributed by atoms with E-state index < -0.39 is 0 Å². The molecule has 1 amide bonds. The molecule has 0 saturated heterocycles. The number of rotatable bonds is 5. The second-order valence-corrected chi connectivity index (χ2v) is 6.99. The lowest BCUT2D eigenvalue weighted by Gasteiger charge is -2.08. The van der Waals surface area contributed by atoms with Crippen molar-refractivity contribution in [3.05, 3.63) is 81.9 Å². The summed E-state index contributed by atoms with van der Waals surface area (Å²) in [5, 5.41) is 3.56. The highest BCUT2D eigenvalue weighted by molar-refractivity contribution is 7.99. The third kappa shape index (κ3) is 4.53. The Morgan fingerprint density at radius 3 is 2.81 bits per heavy atom. The summed E-state index contributed by atoms with van der Waals surface area (Å²) in [5.74, 6) is -0.156. The Kier molecular flexibility index (Phi) is 5.75. The molecule has 132 valence electrons. The number of thioether (sulfide) groups is 1. The van der Waals surface area contributed by atoms with Gasteiger partial charge in [0.1, 0.15) is 0 Å². The van der Waals surface area contributed by atoms with E-state index >= 15 is 0 Å². The van der Waals surface area contributed by atoms with Crippen LogP contribution in [0.5, 0.6) is 0 Å². The number of halogens is 1. The van der Waals surface area contributed by atoms with E-state index in [0.717, 1.165) is 23.0 Å². The zero-order valence-electron chi connectivity index (χ0n) is 14.0. The summed E-state index contributed by atoms with van der Waals surface area (Å²) < 4.78 is 1.53. The molecule has 0 radical (unpaired) electrons. The van der Waals surface area contributed by atoms with E-state index in [1.165, 1.54) is 4.57 Å². The van der Waals surface area contributed by atoms with E-state index in [0.29, 0.717) is 10.7 Å². The van der Waals surface area contributed by atoms with Gasteiger partial charge in [0.25, 0.3) is 5.56 Å². The van der Waals surface area contributed by atoms with Crippen LogP contribution in [0.25, 0.3) is 5.69 Å². The van der Waals surface area contributed by atoms with Crippen molar-refractivity contribution in [3.8, 4) is 5.69 Å². The molecule has 1 aromatic heterocycles. The number of aromatic nitrogens is 2. The van der Waals surface area contributed by atoms with Gasteiger partial charge in [0.15, 0.2) is 5.03 Å². The lowest BCUT2D eigenvalue weighted by Crippen LogP contribution is -2.22. The number of benzene rings is 2. The average Bonchev–Trinajstić information content (AvgIpc) is 2.61. The fraction of sp³-hybridized carbons (Fsp3) is 0.105. The summed E-state index contributed by atoms with van der Waals surface area (Å²) >= 11 is 7.00. The molecule has 3 aromatic rings. The zero-order chi connectivity index (χ0) is 18.5. The number of hydrogen-bond donors (Lipinski definition) is 1. The van der Waals surface area contributed by atoms with E-state index in [2.05, 4.69) is 10.3 Å². The Labute approximate surface area is 160 Å². The number of aryl methyl sites for hydroxylation is 1. The van der Waals surface area contributed by atoms with Gasteiger partial charge in [-0.25, -0.2) is 4.98 Å². The Balaban J connectivity index is 1.71. The highest BCUT2D eigenvalue weighted by atomic mass is 35.5. The maximum atomic E-state index is 12.6. The largest absolute Gasteiger partial charge is 0.325 e. The van der Waals surface area contributed by atoms with Crippen LogP contribution in [0.2, 0.25) is 5.02 Å². The molecule has 7 heteroatoms. The highest BCUT2D eigenvalue weighted by Crippen LogP contribution is 2.17. The molecule has 1 N–H and O–H groups in total. The average molecular weight is 386 g/mol. The van der Waals surface area contributed by atoms with Crippen molar-refractivity contribution in [1.82, 2.24) is 9.55 Å². The zero-order valence-corrected chi connectivity index (χ0v) is 15.6. The third-order valence-electron chi connectivity index (χ3n) is 3.54. The first-order valence-corrected chi connectivity index (χ1v) is 9.22. The van der Waals surface area contributed by atoms with Crippen LogP contribution in [0.1, 0.15) is 5.56 Å². The number of nitrogens with one attached hydrogen (secondary N) is 1. The van der Waals surface area contributed by atoms with Crippen LogP contribution >= 0.6 is 23.4 Å². The topological polar surface area (TPSA) is 64.0 Å². The van der Waals surface area contributed by atoms with Gasteiger partial charge < -0.3 is 5.32 Å². The summed E-state index contributed by atoms with van der Waals surface area (Å²) in [7, 11) is 0. The minimum absolute atomic E-state index is 0.0760. The molecule has 0 saturated carbocycles. The number of nitrogens with zero attached hydrogens (tertiary/aromatic N) is 2. The van der Waals surface area contributed by atoms with Crippen LogP contribution in [0, 0.1) is 6.92 Å². The van der Waals surface area contributed by atoms with Gasteiger partial charge >= 0.3 is 0 Å². The molecule has 0 aliphatic rings. The fourth-order valence-electron chi connectivity index (χ4n) is 2.37. The normalized spacial score (nSPS) is 10.5. The molecule has 0 bridgehead atoms. The van der Waals surface area contributed by atoms with Crippen molar-refractivity contribution >= 4 is 35.0 Å². The Hall–Kier alpha value is -2.57. The van der Waals surface area contributed by atoms with E-state index in [-0.39, 0.29) is 22.2 Å². The lowest BCUT2D eigenvalue weighted by molar-refractivity contribution is -0.113. The van der Waals surface area contributed by atoms with Gasteiger partial charge in [0.05, 0.1) is 5.75 Å². The van der Waals surface area contributed by atoms with Crippen molar-refractivity contribution in [2.45, 2.75) is 11.9 Å². The van der Waals surface area contributed by atoms with E-state index in [9.17, 15) is 9.59 Å². The van der Waals surface area contributed by atoms with Crippen LogP contribution < -0.4 is 10.9 Å². The van der Waals surface area contributed by atoms with Gasteiger partial charge in [-0.3, -0.25) is 14.2 Å². The van der Waals surface area contributed by atoms with E-state index in [1.807, 2.05) is 31.2 Å². The van der Waals surface area contributed by atoms with Gasteiger partial charge in [0.2, 0.25) is 5.91 Å². The maximum Gasteiger partial charge on any atom is 0.287 e. The van der Waals surface area contributed by atoms with Crippen LogP contribution in [0.15, 0.2) is 70.7 Å². The molecular weight excluding hydrogens is 370 g/mol. The second kappa shape index (κ2) is 8.21. The van der Waals surface area contributed by atoms with Crippen LogP contribution in [-0.2, 0) is 4.79 Å². The molecule has 0 atom stereocenters. The van der Waals surface area contributed by atoms with Crippen molar-refractivity contribution < 1.29 is 4.79 Å². The van der Waals surface area contributed by atoms with Gasteiger partial charge in [-0.15, -0.1) is 0 Å². The molecule has 26 heavy (non-hydrogen) atoms. The van der Waals surface area contributed by atoms with Crippen molar-refractivity contribution in [2.24, 2.45) is 0 Å². The standard InChI is InChI=1S/C19H16ClN3O2S/c1-13-4-2-7-16(10-13)23-9-8-21-18(19(23)25)26-12-17(24)22-15-6-3-5-14(20)11-15/h2-11H,12H2,1H3,(H,22,24). The van der Waals surface area contributed by atoms with E-state index in [4.69, 9.17) is 11.6 Å². The molecule has 2 aromatic carbocycles. The first-order chi connectivity index (χ1) is 12.5. The smallest absolute Gasteiger partial charge is 0.287 e. The Morgan fingerprint density at radius 1 is 1.23 bits per heavy atom. The van der Waals surface area contributed by atoms with Crippen molar-refractivity contribution in [3.63, 3.8) is 0 Å². The molecule has 0 aliphatic carbocycles. The van der Waals surface area contributed by atoms with Crippen molar-refractivity contribution in [2.75, 3.05) is 11.1 Å². The van der Waals surface area contributed by atoms with Gasteiger partial charge in [0, 0.05) is 28.8 Å². The molecule has 0 unspecified atom stereocenters. The second-order valence-electron chi connectivity index (χ2n) is 5.59. The van der Waals surface area contributed by atoms with Crippen molar-refractivity contribution in [1.29, 1.82) is 0 Å². The number of carbonyl (C=O) groups excluding carboxylic acids is 1. The summed E-state index contributed by atoms with van der Waals surface area (Å²) in [6.45, 7) is 1.96. The predicted octanol–water partition coefficient (Wildman–Crippen LogP) is 3.93. The molecule has 0 aliphatic heterocycles. The molecule has 0 spiro atoms. The summed E-state index contributed by atoms with van der Waals surface area (Å²) in [4.78, 5) is 28.8. The van der Waals surface area contributed by atoms with Gasteiger partial charge in [-0.05, 0) is 42.8 Å². The Bertz CT molecular complexity index is 1000. The molecular formula is C19H16ClN3O2S. The summed E-state index contributed by atoms with van der Waals surface area (Å²) in [5.41, 5.74) is 2.18. The van der Waals surface area contributed by atoms with Crippen LogP contribution in [-0.4, -0.2) is 21.2 Å². The molecule has 1 heterocycles. The molecule has 3 rings (SSSR count). The quantitative estimate of drug-likeness (QED) is 0.676. The minimum atomic E-state index is -0.251. The fourth-order valence-corrected chi connectivity index (χ4v) is 3.26. The van der Waals surface area contributed by atoms with Gasteiger partial charge in [-0.1, -0.05) is 41.6 Å². The number of hydrogen-bond acceptors (Lipinski definition) is 4. The summed E-state index contributed by atoms with van der Waals surface area (Å²) in [6, 6.07) is 14.5. The van der Waals surface area contributed by atoms with Gasteiger partial charge in [-0.2, -0.15) is 0 Å². The predicted molar refractivity (Wildman–Crippen MR) is 105 cm³/mol. The minimum Gasteiger partial charge on any atom is -0.325 e. The molecule has 5 nitrogen and oxygen atoms in total. The van der Waals surface area contributed by atoms with Crippen LogP contribution in [0.3, 0.4) is 0 Å². The number of anilines is 1. The summed E-state index contributed by atoms with van der Waals surface area (Å²) in [6.07, 6.45) is 3.17. The monoisotopic (exact) mass is 385 g/mol. The number of carbonyl (C=O) groups is 1. The first kappa shape index (κ1) is 18.2. The highest BCUT2D eigenvalue weighted by Gasteiger charge is 2.10. The van der Waals surface area contributed by atoms with E-state index in [1.54, 1.807) is 36.7 Å². The SMILES string of the molecule is Cc1cccc(-n2ccnc(SCC(=O)Nc3cccc(Cl)c3)c2=O)c1. The number of amides is 1. The first-order valence-electron chi connectivity index (χ1n) is 7.86. The maximum absolute atomic E-state index is 12.6. The lowest BCUT2D eigenvalue weighted by atomic mass is 10.2. The Morgan fingerprint density at radius 2 is 2.04 bits per heavy atom. The third-order valence-corrected chi connectivity index (χ3v) is 4.73. The molecule has 0 fully saturated rings.